The molecule has 0 spiro atoms. The molecule has 2 heterocycles. The zero-order valence-corrected chi connectivity index (χ0v) is 15.7. The molecule has 0 saturated heterocycles. The van der Waals surface area contributed by atoms with Crippen LogP contribution >= 0.6 is 23.1 Å². The molecule has 3 rings (SSSR count). The number of benzene rings is 1. The number of halogens is 1. The van der Waals surface area contributed by atoms with E-state index in [0.29, 0.717) is 0 Å². The van der Waals surface area contributed by atoms with Crippen LogP contribution in [-0.2, 0) is 6.54 Å². The lowest BCUT2D eigenvalue weighted by molar-refractivity contribution is -0.00000476. The van der Waals surface area contributed by atoms with E-state index in [4.69, 9.17) is 0 Å². The molecule has 0 aliphatic rings. The van der Waals surface area contributed by atoms with Crippen LogP contribution in [0.2, 0.25) is 0 Å². The van der Waals surface area contributed by atoms with E-state index in [2.05, 4.69) is 39.9 Å². The monoisotopic (exact) mass is 380 g/mol. The summed E-state index contributed by atoms with van der Waals surface area (Å²) in [6, 6.07) is 14.3. The Morgan fingerprint density at radius 3 is 2.75 bits per heavy atom. The average molecular weight is 381 g/mol. The maximum atomic E-state index is 4.11. The number of nitrogens with zero attached hydrogens (tertiary/aromatic N) is 4. The first-order chi connectivity index (χ1) is 11.3. The molecule has 3 aromatic rings. The van der Waals surface area contributed by atoms with Crippen LogP contribution in [0, 0.1) is 6.92 Å². The van der Waals surface area contributed by atoms with Gasteiger partial charge in [0.2, 0.25) is 5.16 Å². The topological polar surface area (TPSA) is 55.6 Å². The molecule has 0 aliphatic heterocycles. The highest BCUT2D eigenvalue weighted by Crippen LogP contribution is 2.18. The molecule has 5 nitrogen and oxygen atoms in total. The SMILES string of the molecule is Cc1ccc(CNCCCSc2nnnn2-c2ccccc2)s1.[Cl-]. The van der Waals surface area contributed by atoms with Crippen molar-refractivity contribution in [2.45, 2.75) is 25.0 Å². The number of para-hydroxylation sites is 1. The Bertz CT molecular complexity index is 729. The maximum Gasteiger partial charge on any atom is 0.214 e. The molecule has 0 unspecified atom stereocenters. The highest BCUT2D eigenvalue weighted by atomic mass is 35.5. The van der Waals surface area contributed by atoms with Crippen molar-refractivity contribution in [3.05, 3.63) is 52.2 Å². The molecule has 0 bridgehead atoms. The van der Waals surface area contributed by atoms with E-state index in [1.165, 1.54) is 9.75 Å². The smallest absolute Gasteiger partial charge is 0.214 e. The zero-order valence-electron chi connectivity index (χ0n) is 13.4. The third-order valence-electron chi connectivity index (χ3n) is 3.27. The van der Waals surface area contributed by atoms with Crippen LogP contribution < -0.4 is 17.7 Å². The van der Waals surface area contributed by atoms with Gasteiger partial charge in [-0.2, -0.15) is 4.68 Å². The average Bonchev–Trinajstić information content (AvgIpc) is 3.20. The predicted molar refractivity (Wildman–Crippen MR) is 95.3 cm³/mol. The van der Waals surface area contributed by atoms with Crippen LogP contribution in [0.5, 0.6) is 0 Å². The first kappa shape index (κ1) is 18.9. The molecule has 1 aromatic carbocycles. The van der Waals surface area contributed by atoms with Gasteiger partial charge in [-0.05, 0) is 54.6 Å². The molecule has 8 heteroatoms. The van der Waals surface area contributed by atoms with Crippen molar-refractivity contribution in [3.63, 3.8) is 0 Å². The Kier molecular flexibility index (Phi) is 7.71. The number of thiophene rings is 1. The number of hydrogen-bond acceptors (Lipinski definition) is 6. The Hall–Kier alpha value is -1.41. The van der Waals surface area contributed by atoms with Crippen LogP contribution in [0.4, 0.5) is 0 Å². The van der Waals surface area contributed by atoms with Gasteiger partial charge in [0.15, 0.2) is 0 Å². The number of tetrazole rings is 1. The van der Waals surface area contributed by atoms with E-state index in [1.54, 1.807) is 16.4 Å². The van der Waals surface area contributed by atoms with Crippen molar-refractivity contribution in [1.29, 1.82) is 0 Å². The van der Waals surface area contributed by atoms with Crippen LogP contribution in [-0.4, -0.2) is 32.5 Å². The van der Waals surface area contributed by atoms with Crippen LogP contribution in [0.1, 0.15) is 16.2 Å². The second kappa shape index (κ2) is 9.78. The number of nitrogens with one attached hydrogen (secondary N) is 1. The highest BCUT2D eigenvalue weighted by Gasteiger charge is 2.07. The Morgan fingerprint density at radius 1 is 1.17 bits per heavy atom. The molecule has 0 radical (unpaired) electrons. The lowest BCUT2D eigenvalue weighted by Crippen LogP contribution is -3.00. The molecule has 1 N–H and O–H groups in total. The summed E-state index contributed by atoms with van der Waals surface area (Å²) in [7, 11) is 0. The minimum atomic E-state index is 0. The van der Waals surface area contributed by atoms with Gasteiger partial charge in [-0.25, -0.2) is 0 Å². The number of aryl methyl sites for hydroxylation is 1. The first-order valence-electron chi connectivity index (χ1n) is 7.55. The molecule has 24 heavy (non-hydrogen) atoms. The Morgan fingerprint density at radius 2 is 2.00 bits per heavy atom. The summed E-state index contributed by atoms with van der Waals surface area (Å²) in [5.41, 5.74) is 0.992. The molecule has 0 fully saturated rings. The molecule has 0 amide bonds. The van der Waals surface area contributed by atoms with Crippen molar-refractivity contribution in [2.75, 3.05) is 12.3 Å². The molecule has 0 atom stereocenters. The van der Waals surface area contributed by atoms with E-state index in [-0.39, 0.29) is 12.4 Å². The van der Waals surface area contributed by atoms with Gasteiger partial charge < -0.3 is 17.7 Å². The van der Waals surface area contributed by atoms with Gasteiger partial charge in [0.25, 0.3) is 0 Å². The third kappa shape index (κ3) is 5.31. The van der Waals surface area contributed by atoms with Crippen LogP contribution in [0.15, 0.2) is 47.6 Å². The fourth-order valence-corrected chi connectivity index (χ4v) is 3.84. The molecule has 2 aromatic heterocycles. The molecule has 128 valence electrons. The minimum absolute atomic E-state index is 0. The minimum Gasteiger partial charge on any atom is -1.00 e. The summed E-state index contributed by atoms with van der Waals surface area (Å²) in [5, 5.41) is 16.3. The second-order valence-corrected chi connectivity index (χ2v) is 7.53. The van der Waals surface area contributed by atoms with E-state index in [1.807, 2.05) is 41.7 Å². The largest absolute Gasteiger partial charge is 1.00 e. The van der Waals surface area contributed by atoms with Gasteiger partial charge in [0, 0.05) is 22.1 Å². The van der Waals surface area contributed by atoms with Crippen molar-refractivity contribution in [2.24, 2.45) is 0 Å². The second-order valence-electron chi connectivity index (χ2n) is 5.10. The van der Waals surface area contributed by atoms with Gasteiger partial charge in [-0.15, -0.1) is 16.4 Å². The summed E-state index contributed by atoms with van der Waals surface area (Å²) in [5.74, 6) is 0.990. The van der Waals surface area contributed by atoms with E-state index in [0.717, 1.165) is 36.1 Å². The summed E-state index contributed by atoms with van der Waals surface area (Å²) < 4.78 is 1.78. The normalized spacial score (nSPS) is 10.5. The van der Waals surface area contributed by atoms with Gasteiger partial charge in [-0.1, -0.05) is 30.0 Å². The van der Waals surface area contributed by atoms with E-state index in [9.17, 15) is 0 Å². The highest BCUT2D eigenvalue weighted by molar-refractivity contribution is 7.99. The molecule has 0 saturated carbocycles. The van der Waals surface area contributed by atoms with Gasteiger partial charge in [0.1, 0.15) is 0 Å². The maximum absolute atomic E-state index is 4.11. The van der Waals surface area contributed by atoms with Gasteiger partial charge in [0.05, 0.1) is 5.69 Å². The summed E-state index contributed by atoms with van der Waals surface area (Å²) >= 11 is 3.54. The fraction of sp³-hybridized carbons (Fsp3) is 0.312. The van der Waals surface area contributed by atoms with Crippen molar-refractivity contribution < 1.29 is 12.4 Å². The number of aromatic nitrogens is 4. The predicted octanol–water partition coefficient (Wildman–Crippen LogP) is 0.308. The summed E-state index contributed by atoms with van der Waals surface area (Å²) in [4.78, 5) is 2.76. The van der Waals surface area contributed by atoms with Crippen molar-refractivity contribution >= 4 is 23.1 Å². The quantitative estimate of drug-likeness (QED) is 0.450. The standard InChI is InChI=1S/C16H19N5S2.ClH/c1-13-8-9-15(23-13)12-17-10-5-11-22-16-18-19-20-21(16)14-6-3-2-4-7-14;/h2-4,6-9,17H,5,10-12H2,1H3;1H/p-1. The molecular formula is C16H19ClN5S2-. The number of rotatable bonds is 8. The fourth-order valence-electron chi connectivity index (χ4n) is 2.15. The van der Waals surface area contributed by atoms with Crippen LogP contribution in [0.3, 0.4) is 0 Å². The first-order valence-corrected chi connectivity index (χ1v) is 9.36. The van der Waals surface area contributed by atoms with Crippen molar-refractivity contribution in [1.82, 2.24) is 25.5 Å². The lowest BCUT2D eigenvalue weighted by atomic mass is 10.3. The lowest BCUT2D eigenvalue weighted by Gasteiger charge is -2.04. The third-order valence-corrected chi connectivity index (χ3v) is 5.27. The van der Waals surface area contributed by atoms with Gasteiger partial charge in [-0.3, -0.25) is 0 Å². The van der Waals surface area contributed by atoms with E-state index < -0.39 is 0 Å². The number of hydrogen-bond donors (Lipinski definition) is 1. The summed E-state index contributed by atoms with van der Waals surface area (Å²) in [6.45, 7) is 4.09. The Balaban J connectivity index is 0.00000208. The van der Waals surface area contributed by atoms with Gasteiger partial charge >= 0.3 is 0 Å². The zero-order chi connectivity index (χ0) is 15.9. The summed E-state index contributed by atoms with van der Waals surface area (Å²) in [6.07, 6.45) is 1.08. The Labute approximate surface area is 156 Å². The van der Waals surface area contributed by atoms with E-state index >= 15 is 0 Å². The number of thioether (sulfide) groups is 1. The van der Waals surface area contributed by atoms with Crippen LogP contribution in [0.25, 0.3) is 5.69 Å². The molecular weight excluding hydrogens is 362 g/mol. The molecule has 0 aliphatic carbocycles. The van der Waals surface area contributed by atoms with Crippen molar-refractivity contribution in [3.8, 4) is 5.69 Å².